The first-order chi connectivity index (χ1) is 8.44. The predicted molar refractivity (Wildman–Crippen MR) is 52.5 cm³/mol. The molecule has 0 aliphatic carbocycles. The third-order valence-corrected chi connectivity index (χ3v) is 3.57. The zero-order valence-electron chi connectivity index (χ0n) is 9.92. The van der Waals surface area contributed by atoms with Gasteiger partial charge in [0, 0.05) is 19.4 Å². The Bertz CT molecular complexity index is 343. The number of carboxylic acids is 2. The topological polar surface area (TPSA) is 126 Å². The monoisotopic (exact) mass is 258 g/mol. The summed E-state index contributed by atoms with van der Waals surface area (Å²) >= 11 is 0. The number of hydrogen-bond acceptors (Lipinski definition) is 6. The van der Waals surface area contributed by atoms with E-state index in [1.54, 1.807) is 0 Å². The number of hydrogen-bond donors (Lipinski definition) is 1. The Kier molecular flexibility index (Phi) is 3.56. The molecule has 2 rings (SSSR count). The van der Waals surface area contributed by atoms with Crippen LogP contribution in [-0.2, 0) is 19.1 Å². The first kappa shape index (κ1) is 13.3. The second-order valence-corrected chi connectivity index (χ2v) is 4.91. The van der Waals surface area contributed by atoms with Crippen LogP contribution in [0.15, 0.2) is 0 Å². The number of aliphatic carboxylic acids is 2. The van der Waals surface area contributed by atoms with Crippen LogP contribution in [0.25, 0.3) is 0 Å². The molecule has 2 heterocycles. The van der Waals surface area contributed by atoms with Crippen LogP contribution in [0.3, 0.4) is 0 Å². The van der Waals surface area contributed by atoms with Crippen LogP contribution in [0, 0.1) is 0 Å². The number of carboxylic acid groups (broad SMARTS) is 2. The van der Waals surface area contributed by atoms with Crippen molar-refractivity contribution in [2.75, 3.05) is 6.61 Å². The first-order valence-corrected chi connectivity index (χ1v) is 5.99. The lowest BCUT2D eigenvalue weighted by Crippen LogP contribution is -2.71. The Hall–Kier alpha value is -1.18. The van der Waals surface area contributed by atoms with Gasteiger partial charge in [-0.2, -0.15) is 0 Å². The summed E-state index contributed by atoms with van der Waals surface area (Å²) in [7, 11) is 0. The summed E-state index contributed by atoms with van der Waals surface area (Å²) in [6.45, 7) is 0.571. The van der Waals surface area contributed by atoms with Crippen molar-refractivity contribution in [2.24, 2.45) is 0 Å². The summed E-state index contributed by atoms with van der Waals surface area (Å²) in [5, 5.41) is 22.0. The number of carbonyl (C=O) groups is 2. The van der Waals surface area contributed by atoms with Gasteiger partial charge >= 0.3 is 0 Å². The maximum absolute atomic E-state index is 11.3. The van der Waals surface area contributed by atoms with Gasteiger partial charge in [0.1, 0.15) is 11.6 Å². The van der Waals surface area contributed by atoms with Gasteiger partial charge in [-0.3, -0.25) is 0 Å². The third-order valence-electron chi connectivity index (χ3n) is 3.57. The van der Waals surface area contributed by atoms with Crippen LogP contribution in [0.2, 0.25) is 0 Å². The van der Waals surface area contributed by atoms with Gasteiger partial charge < -0.3 is 35.0 Å². The Balaban J connectivity index is 2.13. The van der Waals surface area contributed by atoms with Crippen molar-refractivity contribution < 1.29 is 35.0 Å². The second kappa shape index (κ2) is 4.83. The van der Waals surface area contributed by atoms with Gasteiger partial charge in [-0.25, -0.2) is 0 Å². The molecule has 0 aromatic carbocycles. The molecule has 0 unspecified atom stereocenters. The molecule has 0 bridgehead atoms. The molecule has 2 saturated heterocycles. The smallest absolute Gasteiger partial charge is 0.128 e. The molecule has 0 saturated carbocycles. The van der Waals surface area contributed by atoms with E-state index in [0.29, 0.717) is 13.0 Å². The summed E-state index contributed by atoms with van der Waals surface area (Å²) in [4.78, 5) is 22.0. The van der Waals surface area contributed by atoms with E-state index < -0.39 is 23.6 Å². The van der Waals surface area contributed by atoms with E-state index >= 15 is 0 Å². The van der Waals surface area contributed by atoms with Crippen molar-refractivity contribution in [3.63, 3.8) is 0 Å². The standard InChI is InChI=1S/C11H17NO6/c12-6(9(13)14)4-11(10(15)16)5-8-7(18-11)2-1-3-17-8/h6-8H,1-5,12H2,(H,13,14)(H,15,16)/p-1/t6-,7+,8+,11+/m0/s1. The van der Waals surface area contributed by atoms with E-state index in [-0.39, 0.29) is 25.0 Å². The number of quaternary nitrogens is 1. The van der Waals surface area contributed by atoms with Crippen molar-refractivity contribution in [3.8, 4) is 0 Å². The zero-order chi connectivity index (χ0) is 13.3. The van der Waals surface area contributed by atoms with Crippen LogP contribution in [0.5, 0.6) is 0 Å². The summed E-state index contributed by atoms with van der Waals surface area (Å²) in [5.41, 5.74) is 1.75. The zero-order valence-corrected chi connectivity index (χ0v) is 9.92. The Labute approximate surface area is 104 Å². The molecule has 18 heavy (non-hydrogen) atoms. The van der Waals surface area contributed by atoms with Gasteiger partial charge in [0.05, 0.1) is 24.1 Å². The average Bonchev–Trinajstić information content (AvgIpc) is 2.68. The van der Waals surface area contributed by atoms with Crippen molar-refractivity contribution >= 4 is 11.9 Å². The molecule has 2 aliphatic rings. The fourth-order valence-electron chi connectivity index (χ4n) is 2.63. The van der Waals surface area contributed by atoms with Crippen LogP contribution in [-0.4, -0.2) is 42.4 Å². The first-order valence-electron chi connectivity index (χ1n) is 5.99. The molecule has 2 aliphatic heterocycles. The van der Waals surface area contributed by atoms with E-state index in [2.05, 4.69) is 5.73 Å². The minimum absolute atomic E-state index is 0.110. The molecule has 0 spiro atoms. The molecule has 4 atom stereocenters. The minimum Gasteiger partial charge on any atom is -0.547 e. The summed E-state index contributed by atoms with van der Waals surface area (Å²) in [5.74, 6) is -2.80. The molecule has 102 valence electrons. The summed E-state index contributed by atoms with van der Waals surface area (Å²) < 4.78 is 11.0. The normalized spacial score (nSPS) is 36.9. The lowest BCUT2D eigenvalue weighted by molar-refractivity contribution is -0.444. The molecular weight excluding hydrogens is 242 g/mol. The van der Waals surface area contributed by atoms with Gasteiger partial charge in [0.25, 0.3) is 0 Å². The fraction of sp³-hybridized carbons (Fsp3) is 0.818. The van der Waals surface area contributed by atoms with Gasteiger partial charge in [-0.1, -0.05) is 0 Å². The third kappa shape index (κ3) is 2.33. The van der Waals surface area contributed by atoms with Crippen molar-refractivity contribution in [1.82, 2.24) is 0 Å². The maximum atomic E-state index is 11.3. The van der Waals surface area contributed by atoms with Crippen molar-refractivity contribution in [1.29, 1.82) is 0 Å². The Morgan fingerprint density at radius 1 is 1.39 bits per heavy atom. The molecule has 3 N–H and O–H groups in total. The summed E-state index contributed by atoms with van der Waals surface area (Å²) in [6, 6.07) is -1.15. The highest BCUT2D eigenvalue weighted by Gasteiger charge is 2.50. The molecular formula is C11H16NO6-. The Morgan fingerprint density at radius 2 is 2.11 bits per heavy atom. The van der Waals surface area contributed by atoms with E-state index in [4.69, 9.17) is 9.47 Å². The molecule has 7 nitrogen and oxygen atoms in total. The van der Waals surface area contributed by atoms with Gasteiger partial charge in [0.2, 0.25) is 0 Å². The van der Waals surface area contributed by atoms with E-state index in [1.807, 2.05) is 0 Å². The maximum Gasteiger partial charge on any atom is 0.128 e. The van der Waals surface area contributed by atoms with E-state index in [1.165, 1.54) is 0 Å². The summed E-state index contributed by atoms with van der Waals surface area (Å²) in [6.07, 6.45) is 0.773. The minimum atomic E-state index is -1.62. The van der Waals surface area contributed by atoms with Gasteiger partial charge in [0.15, 0.2) is 0 Å². The van der Waals surface area contributed by atoms with Gasteiger partial charge in [-0.05, 0) is 12.8 Å². The number of rotatable bonds is 4. The second-order valence-electron chi connectivity index (χ2n) is 4.91. The number of carbonyl (C=O) groups excluding carboxylic acids is 2. The Morgan fingerprint density at radius 3 is 2.67 bits per heavy atom. The van der Waals surface area contributed by atoms with Crippen LogP contribution in [0.1, 0.15) is 25.7 Å². The highest BCUT2D eigenvalue weighted by molar-refractivity contribution is 5.78. The number of fused-ring (bicyclic) bond motifs is 1. The quantitative estimate of drug-likeness (QED) is 0.551. The highest BCUT2D eigenvalue weighted by atomic mass is 16.6. The average molecular weight is 258 g/mol. The van der Waals surface area contributed by atoms with Crippen LogP contribution < -0.4 is 15.9 Å². The molecule has 7 heteroatoms. The SMILES string of the molecule is [NH3+][C@@H](C[C@]1(C(=O)[O-])C[C@H]2OCCC[C@H]2O1)C(=O)[O-]. The predicted octanol–water partition coefficient (Wildman–Crippen LogP) is -3.81. The van der Waals surface area contributed by atoms with Crippen molar-refractivity contribution in [3.05, 3.63) is 0 Å². The lowest BCUT2D eigenvalue weighted by atomic mass is 9.90. The molecule has 0 radical (unpaired) electrons. The van der Waals surface area contributed by atoms with Crippen molar-refractivity contribution in [2.45, 2.75) is 49.5 Å². The molecule has 2 fully saturated rings. The lowest BCUT2D eigenvalue weighted by Gasteiger charge is -2.31. The largest absolute Gasteiger partial charge is 0.547 e. The van der Waals surface area contributed by atoms with Crippen LogP contribution in [0.4, 0.5) is 0 Å². The molecule has 0 aromatic rings. The van der Waals surface area contributed by atoms with E-state index in [0.717, 1.165) is 6.42 Å². The fourth-order valence-corrected chi connectivity index (χ4v) is 2.63. The van der Waals surface area contributed by atoms with Crippen LogP contribution >= 0.6 is 0 Å². The number of ether oxygens (including phenoxy) is 2. The van der Waals surface area contributed by atoms with Gasteiger partial charge in [-0.15, -0.1) is 0 Å². The highest BCUT2D eigenvalue weighted by Crippen LogP contribution is 2.39. The molecule has 0 aromatic heterocycles. The molecule has 0 amide bonds. The van der Waals surface area contributed by atoms with E-state index in [9.17, 15) is 19.8 Å².